The van der Waals surface area contributed by atoms with E-state index in [9.17, 15) is 13.6 Å². The van der Waals surface area contributed by atoms with Crippen LogP contribution in [0.5, 0.6) is 17.2 Å². The van der Waals surface area contributed by atoms with Crippen LogP contribution in [0.3, 0.4) is 0 Å². The number of benzene rings is 1. The normalized spacial score (nSPS) is 13.2. The van der Waals surface area contributed by atoms with Crippen LogP contribution in [-0.2, 0) is 0 Å². The molecule has 0 amide bonds. The Morgan fingerprint density at radius 2 is 2.09 bits per heavy atom. The summed E-state index contributed by atoms with van der Waals surface area (Å²) in [6.07, 6.45) is 5.78. The number of pyridine rings is 1. The van der Waals surface area contributed by atoms with E-state index in [0.29, 0.717) is 22.7 Å². The molecule has 7 nitrogen and oxygen atoms in total. The third-order valence-corrected chi connectivity index (χ3v) is 5.21. The van der Waals surface area contributed by atoms with Crippen LogP contribution in [0.4, 0.5) is 8.78 Å². The van der Waals surface area contributed by atoms with Crippen LogP contribution in [-0.4, -0.2) is 35.5 Å². The second-order valence-electron chi connectivity index (χ2n) is 7.49. The first kappa shape index (κ1) is 21.6. The highest BCUT2D eigenvalue weighted by Gasteiger charge is 2.29. The van der Waals surface area contributed by atoms with Crippen molar-refractivity contribution in [2.75, 3.05) is 13.7 Å². The van der Waals surface area contributed by atoms with E-state index in [1.165, 1.54) is 13.2 Å². The Kier molecular flexibility index (Phi) is 6.21. The van der Waals surface area contributed by atoms with Crippen molar-refractivity contribution >= 4 is 11.4 Å². The van der Waals surface area contributed by atoms with E-state index in [1.54, 1.807) is 35.0 Å². The number of ketones is 1. The minimum Gasteiger partial charge on any atom is -0.496 e. The van der Waals surface area contributed by atoms with Gasteiger partial charge in [-0.2, -0.15) is 14.0 Å². The molecule has 0 bridgehead atoms. The number of carbonyl (C=O) groups is 1. The number of methoxy groups -OCH3 is 1. The predicted octanol–water partition coefficient (Wildman–Crippen LogP) is 4.89. The van der Waals surface area contributed by atoms with Crippen molar-refractivity contribution in [3.05, 3.63) is 42.2 Å². The summed E-state index contributed by atoms with van der Waals surface area (Å²) in [6.45, 7) is -2.82. The standard InChI is InChI=1S/C23H21F2N3O4/c1-30-19-10-15(11-20(32-23(24)25)22(19)18(29)9-14-3-4-14)17-13-27-21-12-16(5-7-28(17)21)31-8-2-6-26/h5,7,10-14,23H,2-4,8-9H2,1H3. The maximum Gasteiger partial charge on any atom is 0.387 e. The van der Waals surface area contributed by atoms with Crippen molar-refractivity contribution in [1.82, 2.24) is 9.38 Å². The topological polar surface area (TPSA) is 85.8 Å². The molecule has 4 rings (SSSR count). The SMILES string of the molecule is COc1cc(-c2cnc3cc(OCCC#N)ccn23)cc(OC(F)F)c1C(=O)CC1CC1. The minimum atomic E-state index is -3.09. The van der Waals surface area contributed by atoms with Gasteiger partial charge >= 0.3 is 6.61 Å². The van der Waals surface area contributed by atoms with Crippen molar-refractivity contribution < 1.29 is 27.8 Å². The summed E-state index contributed by atoms with van der Waals surface area (Å²) in [5.41, 5.74) is 1.71. The van der Waals surface area contributed by atoms with Gasteiger partial charge in [0.15, 0.2) is 5.78 Å². The lowest BCUT2D eigenvalue weighted by Crippen LogP contribution is -2.11. The Hall–Kier alpha value is -3.67. The average molecular weight is 441 g/mol. The molecule has 0 saturated heterocycles. The second-order valence-corrected chi connectivity index (χ2v) is 7.49. The highest BCUT2D eigenvalue weighted by atomic mass is 19.3. The molecule has 0 aliphatic heterocycles. The smallest absolute Gasteiger partial charge is 0.387 e. The zero-order chi connectivity index (χ0) is 22.7. The molecule has 0 atom stereocenters. The number of nitrogens with zero attached hydrogens (tertiary/aromatic N) is 3. The lowest BCUT2D eigenvalue weighted by atomic mass is 10.00. The molecule has 1 aliphatic rings. The summed E-state index contributed by atoms with van der Waals surface area (Å²) in [6, 6.07) is 8.48. The Bertz CT molecular complexity index is 1180. The summed E-state index contributed by atoms with van der Waals surface area (Å²) in [4.78, 5) is 17.1. The Morgan fingerprint density at radius 1 is 1.31 bits per heavy atom. The molecule has 3 aromatic rings. The molecule has 2 heterocycles. The number of fused-ring (bicyclic) bond motifs is 1. The van der Waals surface area contributed by atoms with E-state index >= 15 is 0 Å². The number of hydrogen-bond donors (Lipinski definition) is 0. The third-order valence-electron chi connectivity index (χ3n) is 5.21. The first-order chi connectivity index (χ1) is 15.5. The van der Waals surface area contributed by atoms with Crippen molar-refractivity contribution in [1.29, 1.82) is 5.26 Å². The molecule has 32 heavy (non-hydrogen) atoms. The van der Waals surface area contributed by atoms with Gasteiger partial charge in [0, 0.05) is 24.2 Å². The van der Waals surface area contributed by atoms with Gasteiger partial charge in [0.05, 0.1) is 31.5 Å². The maximum absolute atomic E-state index is 13.1. The number of ether oxygens (including phenoxy) is 3. The van der Waals surface area contributed by atoms with E-state index < -0.39 is 6.61 Å². The average Bonchev–Trinajstić information content (AvgIpc) is 3.48. The van der Waals surface area contributed by atoms with Crippen LogP contribution in [0.25, 0.3) is 16.9 Å². The predicted molar refractivity (Wildman–Crippen MR) is 111 cm³/mol. The highest BCUT2D eigenvalue weighted by Crippen LogP contribution is 2.40. The van der Waals surface area contributed by atoms with Gasteiger partial charge < -0.3 is 14.2 Å². The summed E-state index contributed by atoms with van der Waals surface area (Å²) in [5.74, 6) is 0.533. The molecule has 0 radical (unpaired) electrons. The van der Waals surface area contributed by atoms with Crippen LogP contribution in [0.1, 0.15) is 36.0 Å². The van der Waals surface area contributed by atoms with E-state index in [-0.39, 0.29) is 48.2 Å². The molecule has 2 aromatic heterocycles. The number of rotatable bonds is 10. The molecule has 166 valence electrons. The fourth-order valence-corrected chi connectivity index (χ4v) is 3.53. The lowest BCUT2D eigenvalue weighted by molar-refractivity contribution is -0.0502. The van der Waals surface area contributed by atoms with Crippen LogP contribution in [0, 0.1) is 17.2 Å². The molecule has 0 N–H and O–H groups in total. The molecular weight excluding hydrogens is 420 g/mol. The molecule has 1 saturated carbocycles. The monoisotopic (exact) mass is 441 g/mol. The molecule has 9 heteroatoms. The number of imidazole rings is 1. The van der Waals surface area contributed by atoms with Crippen LogP contribution in [0.2, 0.25) is 0 Å². The van der Waals surface area contributed by atoms with Gasteiger partial charge in [-0.15, -0.1) is 0 Å². The van der Waals surface area contributed by atoms with Gasteiger partial charge in [-0.25, -0.2) is 4.98 Å². The Morgan fingerprint density at radius 3 is 2.78 bits per heavy atom. The molecule has 0 unspecified atom stereocenters. The van der Waals surface area contributed by atoms with E-state index in [2.05, 4.69) is 4.98 Å². The zero-order valence-electron chi connectivity index (χ0n) is 17.4. The lowest BCUT2D eigenvalue weighted by Gasteiger charge is -2.16. The summed E-state index contributed by atoms with van der Waals surface area (Å²) >= 11 is 0. The summed E-state index contributed by atoms with van der Waals surface area (Å²) < 4.78 is 43.7. The van der Waals surface area contributed by atoms with Crippen LogP contribution in [0.15, 0.2) is 36.7 Å². The second kappa shape index (κ2) is 9.22. The van der Waals surface area contributed by atoms with Gasteiger partial charge in [-0.05, 0) is 37.0 Å². The third kappa shape index (κ3) is 4.64. The fraction of sp³-hybridized carbons (Fsp3) is 0.348. The Labute approximate surface area is 183 Å². The Balaban J connectivity index is 1.73. The largest absolute Gasteiger partial charge is 0.496 e. The number of halogens is 2. The molecule has 1 fully saturated rings. The number of alkyl halides is 2. The zero-order valence-corrected chi connectivity index (χ0v) is 17.4. The molecule has 1 aromatic carbocycles. The van der Waals surface area contributed by atoms with Crippen molar-refractivity contribution in [3.8, 4) is 34.6 Å². The van der Waals surface area contributed by atoms with Gasteiger partial charge in [0.25, 0.3) is 0 Å². The van der Waals surface area contributed by atoms with Gasteiger partial charge in [0.1, 0.15) is 35.1 Å². The first-order valence-electron chi connectivity index (χ1n) is 10.2. The van der Waals surface area contributed by atoms with Gasteiger partial charge in [-0.1, -0.05) is 0 Å². The fourth-order valence-electron chi connectivity index (χ4n) is 3.53. The first-order valence-corrected chi connectivity index (χ1v) is 10.2. The summed E-state index contributed by atoms with van der Waals surface area (Å²) in [5, 5.41) is 8.63. The summed E-state index contributed by atoms with van der Waals surface area (Å²) in [7, 11) is 1.39. The molecular formula is C23H21F2N3O4. The quantitative estimate of drug-likeness (QED) is 0.329. The highest BCUT2D eigenvalue weighted by molar-refractivity contribution is 6.02. The number of aromatic nitrogens is 2. The van der Waals surface area contributed by atoms with Gasteiger partial charge in [-0.3, -0.25) is 9.20 Å². The van der Waals surface area contributed by atoms with E-state index in [1.807, 2.05) is 6.07 Å². The van der Waals surface area contributed by atoms with Gasteiger partial charge in [0.2, 0.25) is 0 Å². The number of nitriles is 1. The molecule has 0 spiro atoms. The van der Waals surface area contributed by atoms with Crippen molar-refractivity contribution in [2.45, 2.75) is 32.3 Å². The molecule has 1 aliphatic carbocycles. The number of Topliss-reactive ketones (excluding diaryl/α,β-unsaturated/α-hetero) is 1. The number of hydrogen-bond acceptors (Lipinski definition) is 6. The number of carbonyl (C=O) groups excluding carboxylic acids is 1. The van der Waals surface area contributed by atoms with Crippen LogP contribution < -0.4 is 14.2 Å². The maximum atomic E-state index is 13.1. The van der Waals surface area contributed by atoms with E-state index in [0.717, 1.165) is 12.8 Å². The van der Waals surface area contributed by atoms with Crippen molar-refractivity contribution in [2.24, 2.45) is 5.92 Å². The van der Waals surface area contributed by atoms with E-state index in [4.69, 9.17) is 19.5 Å². The van der Waals surface area contributed by atoms with Crippen LogP contribution >= 0.6 is 0 Å². The van der Waals surface area contributed by atoms with Crippen molar-refractivity contribution in [3.63, 3.8) is 0 Å². The minimum absolute atomic E-state index is 0.0328.